The molecular weight excluding hydrogens is 192 g/mol. The number of rotatable bonds is 1. The van der Waals surface area contributed by atoms with E-state index in [0.29, 0.717) is 0 Å². The molecule has 3 heteroatoms. The lowest BCUT2D eigenvalue weighted by Crippen LogP contribution is -1.75. The largest absolute Gasteiger partial charge is 0.361 e. The van der Waals surface area contributed by atoms with Crippen LogP contribution in [-0.2, 0) is 0 Å². The van der Waals surface area contributed by atoms with E-state index in [1.807, 2.05) is 11.6 Å². The highest BCUT2D eigenvalue weighted by Gasteiger charge is 2.01. The average Bonchev–Trinajstić information content (AvgIpc) is 2.88. The minimum absolute atomic E-state index is 1.02. The molecular formula is C11H7N2S. The summed E-state index contributed by atoms with van der Waals surface area (Å²) in [6.45, 7) is 0. The molecule has 0 amide bonds. The van der Waals surface area contributed by atoms with Crippen molar-refractivity contribution >= 4 is 22.2 Å². The molecule has 0 unspecified atom stereocenters. The molecule has 1 aromatic carbocycles. The third-order valence-corrected chi connectivity index (χ3v) is 2.96. The van der Waals surface area contributed by atoms with Gasteiger partial charge in [0, 0.05) is 22.7 Å². The molecule has 0 spiro atoms. The molecule has 67 valence electrons. The first-order valence-corrected chi connectivity index (χ1v) is 5.20. The zero-order valence-electron chi connectivity index (χ0n) is 7.32. The number of H-pyrrole nitrogens is 1. The van der Waals surface area contributed by atoms with Gasteiger partial charge in [-0.1, -0.05) is 12.1 Å². The SMILES string of the molecule is [c]1csc(-c2ccc3cc[nH]c3c2)n1. The first kappa shape index (κ1) is 7.76. The zero-order valence-corrected chi connectivity index (χ0v) is 8.14. The fourth-order valence-electron chi connectivity index (χ4n) is 1.51. The Balaban J connectivity index is 2.23. The topological polar surface area (TPSA) is 28.7 Å². The highest BCUT2D eigenvalue weighted by molar-refractivity contribution is 7.13. The highest BCUT2D eigenvalue weighted by Crippen LogP contribution is 2.24. The van der Waals surface area contributed by atoms with E-state index in [1.54, 1.807) is 11.3 Å². The Kier molecular flexibility index (Phi) is 1.64. The van der Waals surface area contributed by atoms with E-state index in [9.17, 15) is 0 Å². The van der Waals surface area contributed by atoms with Crippen LogP contribution in [0, 0.1) is 6.20 Å². The van der Waals surface area contributed by atoms with Gasteiger partial charge in [0.2, 0.25) is 0 Å². The van der Waals surface area contributed by atoms with Gasteiger partial charge in [0.05, 0.1) is 0 Å². The number of hydrogen-bond donors (Lipinski definition) is 1. The van der Waals surface area contributed by atoms with Crippen molar-refractivity contribution in [2.24, 2.45) is 0 Å². The number of aromatic nitrogens is 2. The van der Waals surface area contributed by atoms with Crippen LogP contribution in [-0.4, -0.2) is 9.97 Å². The molecule has 0 fully saturated rings. The second-order valence-electron chi connectivity index (χ2n) is 3.06. The van der Waals surface area contributed by atoms with Crippen LogP contribution in [0.25, 0.3) is 21.5 Å². The molecule has 0 saturated carbocycles. The molecule has 1 radical (unpaired) electrons. The molecule has 2 heterocycles. The van der Waals surface area contributed by atoms with Crippen molar-refractivity contribution in [1.29, 1.82) is 0 Å². The van der Waals surface area contributed by atoms with E-state index in [4.69, 9.17) is 0 Å². The van der Waals surface area contributed by atoms with Crippen molar-refractivity contribution in [3.05, 3.63) is 42.0 Å². The molecule has 2 aromatic heterocycles. The summed E-state index contributed by atoms with van der Waals surface area (Å²) in [5, 5.41) is 4.12. The van der Waals surface area contributed by atoms with Crippen LogP contribution in [0.2, 0.25) is 0 Å². The van der Waals surface area contributed by atoms with E-state index in [-0.39, 0.29) is 0 Å². The van der Waals surface area contributed by atoms with Gasteiger partial charge in [0.1, 0.15) is 11.2 Å². The summed E-state index contributed by atoms with van der Waals surface area (Å²) in [5.41, 5.74) is 2.30. The van der Waals surface area contributed by atoms with Gasteiger partial charge >= 0.3 is 0 Å². The Hall–Kier alpha value is -1.61. The second-order valence-corrected chi connectivity index (χ2v) is 3.92. The molecule has 0 aliphatic carbocycles. The van der Waals surface area contributed by atoms with Gasteiger partial charge in [-0.15, -0.1) is 11.3 Å². The van der Waals surface area contributed by atoms with Crippen molar-refractivity contribution in [2.45, 2.75) is 0 Å². The van der Waals surface area contributed by atoms with Gasteiger partial charge in [-0.25, -0.2) is 4.98 Å². The molecule has 1 N–H and O–H groups in total. The summed E-state index contributed by atoms with van der Waals surface area (Å²) in [6, 6.07) is 8.36. The monoisotopic (exact) mass is 199 g/mol. The van der Waals surface area contributed by atoms with Gasteiger partial charge in [-0.05, 0) is 17.5 Å². The summed E-state index contributed by atoms with van der Waals surface area (Å²) in [5.74, 6) is 0. The molecule has 2 nitrogen and oxygen atoms in total. The maximum Gasteiger partial charge on any atom is 0.124 e. The van der Waals surface area contributed by atoms with Crippen LogP contribution >= 0.6 is 11.3 Å². The summed E-state index contributed by atoms with van der Waals surface area (Å²) in [4.78, 5) is 7.35. The first-order chi connectivity index (χ1) is 6.93. The summed E-state index contributed by atoms with van der Waals surface area (Å²) in [6.07, 6.45) is 4.78. The van der Waals surface area contributed by atoms with E-state index < -0.39 is 0 Å². The maximum absolute atomic E-state index is 4.16. The fourth-order valence-corrected chi connectivity index (χ4v) is 2.09. The second kappa shape index (κ2) is 2.96. The zero-order chi connectivity index (χ0) is 9.38. The number of nitrogens with one attached hydrogen (secondary N) is 1. The van der Waals surface area contributed by atoms with Crippen LogP contribution in [0.4, 0.5) is 0 Å². The third kappa shape index (κ3) is 1.14. The Morgan fingerprint density at radius 2 is 2.29 bits per heavy atom. The van der Waals surface area contributed by atoms with Gasteiger partial charge in [-0.3, -0.25) is 0 Å². The number of fused-ring (bicyclic) bond motifs is 1. The maximum atomic E-state index is 4.16. The van der Waals surface area contributed by atoms with Crippen molar-refractivity contribution in [3.63, 3.8) is 0 Å². The average molecular weight is 199 g/mol. The van der Waals surface area contributed by atoms with Crippen LogP contribution < -0.4 is 0 Å². The quantitative estimate of drug-likeness (QED) is 0.641. The molecule has 0 bridgehead atoms. The van der Waals surface area contributed by atoms with E-state index in [2.05, 4.69) is 40.4 Å². The van der Waals surface area contributed by atoms with Crippen molar-refractivity contribution < 1.29 is 0 Å². The molecule has 3 aromatic rings. The number of nitrogens with zero attached hydrogens (tertiary/aromatic N) is 1. The van der Waals surface area contributed by atoms with E-state index in [0.717, 1.165) is 16.1 Å². The minimum atomic E-state index is 1.02. The highest BCUT2D eigenvalue weighted by atomic mass is 32.1. The fraction of sp³-hybridized carbons (Fsp3) is 0. The standard InChI is InChI=1S/C11H7N2S/c1-2-9(11-13-5-6-14-11)7-10-8(1)3-4-12-10/h1-4,6-7,12H. The van der Waals surface area contributed by atoms with Crippen molar-refractivity contribution in [3.8, 4) is 10.6 Å². The molecule has 0 saturated heterocycles. The Bertz CT molecular complexity index is 551. The predicted octanol–water partition coefficient (Wildman–Crippen LogP) is 3.09. The Morgan fingerprint density at radius 3 is 3.14 bits per heavy atom. The lowest BCUT2D eigenvalue weighted by atomic mass is 10.2. The number of hydrogen-bond acceptors (Lipinski definition) is 2. The normalized spacial score (nSPS) is 10.9. The van der Waals surface area contributed by atoms with Gasteiger partial charge < -0.3 is 4.98 Å². The first-order valence-electron chi connectivity index (χ1n) is 4.32. The van der Waals surface area contributed by atoms with Crippen LogP contribution in [0.15, 0.2) is 35.8 Å². The van der Waals surface area contributed by atoms with E-state index in [1.165, 1.54) is 5.39 Å². The molecule has 0 aliphatic rings. The predicted molar refractivity (Wildman–Crippen MR) is 58.2 cm³/mol. The summed E-state index contributed by atoms with van der Waals surface area (Å²) < 4.78 is 0. The lowest BCUT2D eigenvalue weighted by molar-refractivity contribution is 1.40. The van der Waals surface area contributed by atoms with Crippen LogP contribution in [0.3, 0.4) is 0 Å². The third-order valence-electron chi connectivity index (χ3n) is 2.19. The van der Waals surface area contributed by atoms with Crippen molar-refractivity contribution in [2.75, 3.05) is 0 Å². The summed E-state index contributed by atoms with van der Waals surface area (Å²) in [7, 11) is 0. The minimum Gasteiger partial charge on any atom is -0.361 e. The Labute approximate surface area is 85.2 Å². The summed E-state index contributed by atoms with van der Waals surface area (Å²) >= 11 is 1.61. The van der Waals surface area contributed by atoms with Gasteiger partial charge in [-0.2, -0.15) is 0 Å². The Morgan fingerprint density at radius 1 is 1.29 bits per heavy atom. The van der Waals surface area contributed by atoms with Crippen molar-refractivity contribution in [1.82, 2.24) is 9.97 Å². The molecule has 0 atom stereocenters. The van der Waals surface area contributed by atoms with Crippen LogP contribution in [0.1, 0.15) is 0 Å². The molecule has 3 rings (SSSR count). The number of aromatic amines is 1. The smallest absolute Gasteiger partial charge is 0.124 e. The van der Waals surface area contributed by atoms with E-state index >= 15 is 0 Å². The number of benzene rings is 1. The lowest BCUT2D eigenvalue weighted by Gasteiger charge is -1.95. The number of thiazole rings is 1. The van der Waals surface area contributed by atoms with Crippen LogP contribution in [0.5, 0.6) is 0 Å². The molecule has 14 heavy (non-hydrogen) atoms. The van der Waals surface area contributed by atoms with Gasteiger partial charge in [0.25, 0.3) is 0 Å². The molecule has 0 aliphatic heterocycles. The van der Waals surface area contributed by atoms with Gasteiger partial charge in [0.15, 0.2) is 0 Å².